The van der Waals surface area contributed by atoms with Gasteiger partial charge in [-0.1, -0.05) is 0 Å². The van der Waals surface area contributed by atoms with Crippen LogP contribution in [0.15, 0.2) is 41.6 Å². The van der Waals surface area contributed by atoms with Gasteiger partial charge in [-0.3, -0.25) is 18.8 Å². The zero-order valence-corrected chi connectivity index (χ0v) is 18.0. The summed E-state index contributed by atoms with van der Waals surface area (Å²) in [5.74, 6) is 1.40. The number of fused-ring (bicyclic) bond motifs is 1. The minimum atomic E-state index is -0.262. The van der Waals surface area contributed by atoms with Crippen molar-refractivity contribution in [1.82, 2.24) is 34.3 Å². The zero-order valence-electron chi connectivity index (χ0n) is 18.0. The van der Waals surface area contributed by atoms with Gasteiger partial charge in [-0.25, -0.2) is 4.98 Å². The predicted octanol–water partition coefficient (Wildman–Crippen LogP) is 1.60. The fraction of sp³-hybridized carbons (Fsp3) is 0.286. The zero-order chi connectivity index (χ0) is 22.4. The van der Waals surface area contributed by atoms with Crippen LogP contribution in [-0.4, -0.2) is 47.9 Å². The molecule has 0 unspecified atom stereocenters. The van der Waals surface area contributed by atoms with Gasteiger partial charge in [-0.05, 0) is 31.9 Å². The van der Waals surface area contributed by atoms with Gasteiger partial charge in [0.05, 0.1) is 6.20 Å². The molecule has 1 saturated carbocycles. The Balaban J connectivity index is 1.54. The number of carbonyl (C=O) groups excluding carboxylic acids is 1. The van der Waals surface area contributed by atoms with Crippen LogP contribution < -0.4 is 21.5 Å². The molecule has 3 N–H and O–H groups in total. The number of hydrogen-bond donors (Lipinski definition) is 3. The summed E-state index contributed by atoms with van der Waals surface area (Å²) in [4.78, 5) is 30.3. The van der Waals surface area contributed by atoms with Crippen LogP contribution in [-0.2, 0) is 7.05 Å². The highest BCUT2D eigenvalue weighted by atomic mass is 16.2. The molecule has 0 aliphatic heterocycles. The molecule has 164 valence electrons. The van der Waals surface area contributed by atoms with E-state index in [9.17, 15) is 9.59 Å². The van der Waals surface area contributed by atoms with Crippen LogP contribution in [0.2, 0.25) is 0 Å². The molecule has 0 aromatic carbocycles. The highest BCUT2D eigenvalue weighted by Gasteiger charge is 2.26. The van der Waals surface area contributed by atoms with Gasteiger partial charge < -0.3 is 16.0 Å². The number of nitrogens with one attached hydrogen (secondary N) is 3. The molecule has 1 fully saturated rings. The van der Waals surface area contributed by atoms with E-state index < -0.39 is 0 Å². The van der Waals surface area contributed by atoms with Gasteiger partial charge in [0, 0.05) is 44.2 Å². The number of aromatic nitrogens is 6. The Hall–Kier alpha value is -4.15. The number of pyridine rings is 1. The number of anilines is 3. The first-order valence-corrected chi connectivity index (χ1v) is 10.3. The predicted molar refractivity (Wildman–Crippen MR) is 120 cm³/mol. The van der Waals surface area contributed by atoms with Crippen molar-refractivity contribution in [1.29, 1.82) is 0 Å². The number of nitrogens with zero attached hydrogens (tertiary/aromatic N) is 6. The van der Waals surface area contributed by atoms with E-state index in [-0.39, 0.29) is 17.5 Å². The average Bonchev–Trinajstić information content (AvgIpc) is 3.37. The summed E-state index contributed by atoms with van der Waals surface area (Å²) in [6.45, 7) is 1.90. The highest BCUT2D eigenvalue weighted by molar-refractivity contribution is 6.00. The van der Waals surface area contributed by atoms with Gasteiger partial charge >= 0.3 is 0 Å². The third-order valence-corrected chi connectivity index (χ3v) is 5.31. The van der Waals surface area contributed by atoms with Crippen LogP contribution >= 0.6 is 0 Å². The average molecular weight is 433 g/mol. The molecule has 4 heterocycles. The lowest BCUT2D eigenvalue weighted by Crippen LogP contribution is -2.25. The largest absolute Gasteiger partial charge is 0.373 e. The molecule has 11 nitrogen and oxygen atoms in total. The van der Waals surface area contributed by atoms with Crippen molar-refractivity contribution in [2.75, 3.05) is 17.7 Å². The monoisotopic (exact) mass is 433 g/mol. The Morgan fingerprint density at radius 1 is 1.28 bits per heavy atom. The molecular formula is C21H23N9O2. The Morgan fingerprint density at radius 2 is 2.09 bits per heavy atom. The van der Waals surface area contributed by atoms with E-state index >= 15 is 0 Å². The van der Waals surface area contributed by atoms with E-state index in [2.05, 4.69) is 31.1 Å². The minimum Gasteiger partial charge on any atom is -0.373 e. The second-order valence-corrected chi connectivity index (χ2v) is 7.85. The molecule has 0 spiro atoms. The Labute approximate surface area is 183 Å². The molecule has 5 rings (SSSR count). The van der Waals surface area contributed by atoms with Crippen molar-refractivity contribution in [2.45, 2.75) is 25.8 Å². The Morgan fingerprint density at radius 3 is 2.78 bits per heavy atom. The third kappa shape index (κ3) is 3.47. The SMILES string of the molecule is CNc1cc(Nc2cccn(-c3nn(C)cc3C)c2=O)nc2c(C(=O)NC3CC3)cnn12. The second kappa shape index (κ2) is 7.52. The standard InChI is InChI=1S/C21H23N9O2/c1-12-11-28(3)27-18(12)29-8-4-5-15(21(29)32)25-16-9-17(22-2)30-19(26-16)14(10-23-30)20(31)24-13-6-7-13/h4-5,8-11,13,22H,6-7H2,1-3H3,(H,24,31)(H,25,26). The fourth-order valence-corrected chi connectivity index (χ4v) is 3.58. The van der Waals surface area contributed by atoms with E-state index in [1.807, 2.05) is 20.2 Å². The molecule has 0 bridgehead atoms. The normalized spacial score (nSPS) is 13.3. The minimum absolute atomic E-state index is 0.207. The maximum absolute atomic E-state index is 13.1. The summed E-state index contributed by atoms with van der Waals surface area (Å²) in [6.07, 6.45) is 7.01. The van der Waals surface area contributed by atoms with Crippen LogP contribution in [0.5, 0.6) is 0 Å². The van der Waals surface area contributed by atoms with Crippen molar-refractivity contribution in [2.24, 2.45) is 7.05 Å². The van der Waals surface area contributed by atoms with Crippen LogP contribution in [0.4, 0.5) is 17.3 Å². The maximum Gasteiger partial charge on any atom is 0.280 e. The van der Waals surface area contributed by atoms with Gasteiger partial charge in [0.25, 0.3) is 11.5 Å². The lowest BCUT2D eigenvalue weighted by molar-refractivity contribution is 0.0952. The molecular weight excluding hydrogens is 410 g/mol. The molecule has 0 atom stereocenters. The van der Waals surface area contributed by atoms with Crippen molar-refractivity contribution in [3.05, 3.63) is 58.3 Å². The summed E-state index contributed by atoms with van der Waals surface area (Å²) in [7, 11) is 3.56. The van der Waals surface area contributed by atoms with E-state index in [1.165, 1.54) is 10.8 Å². The molecule has 11 heteroatoms. The smallest absolute Gasteiger partial charge is 0.280 e. The molecule has 1 aliphatic carbocycles. The summed E-state index contributed by atoms with van der Waals surface area (Å²) in [6, 6.07) is 5.40. The summed E-state index contributed by atoms with van der Waals surface area (Å²) < 4.78 is 4.72. The van der Waals surface area contributed by atoms with Gasteiger partial charge in [0.1, 0.15) is 22.9 Å². The van der Waals surface area contributed by atoms with E-state index in [0.717, 1.165) is 18.4 Å². The quantitative estimate of drug-likeness (QED) is 0.422. The Kier molecular flexibility index (Phi) is 4.65. The lowest BCUT2D eigenvalue weighted by Gasteiger charge is -2.11. The highest BCUT2D eigenvalue weighted by Crippen LogP contribution is 2.23. The third-order valence-electron chi connectivity index (χ3n) is 5.31. The first kappa shape index (κ1) is 19.8. The summed E-state index contributed by atoms with van der Waals surface area (Å²) in [5, 5.41) is 17.8. The molecule has 1 aliphatic rings. The van der Waals surface area contributed by atoms with Crippen LogP contribution in [0, 0.1) is 6.92 Å². The fourth-order valence-electron chi connectivity index (χ4n) is 3.58. The number of amides is 1. The number of hydrogen-bond acceptors (Lipinski definition) is 7. The first-order valence-electron chi connectivity index (χ1n) is 10.3. The number of aryl methyl sites for hydroxylation is 2. The van der Waals surface area contributed by atoms with Crippen LogP contribution in [0.3, 0.4) is 0 Å². The summed E-state index contributed by atoms with van der Waals surface area (Å²) in [5.41, 5.74) is 1.73. The van der Waals surface area contributed by atoms with E-state index in [0.29, 0.717) is 34.4 Å². The topological polar surface area (TPSA) is 123 Å². The summed E-state index contributed by atoms with van der Waals surface area (Å²) >= 11 is 0. The van der Waals surface area contributed by atoms with Crippen molar-refractivity contribution in [3.63, 3.8) is 0 Å². The van der Waals surface area contributed by atoms with Crippen molar-refractivity contribution in [3.8, 4) is 5.82 Å². The van der Waals surface area contributed by atoms with Gasteiger partial charge in [0.2, 0.25) is 0 Å². The molecule has 32 heavy (non-hydrogen) atoms. The van der Waals surface area contributed by atoms with Crippen molar-refractivity contribution < 1.29 is 4.79 Å². The Bertz CT molecular complexity index is 1390. The number of carbonyl (C=O) groups is 1. The molecule has 4 aromatic rings. The van der Waals surface area contributed by atoms with Crippen LogP contribution in [0.25, 0.3) is 11.5 Å². The van der Waals surface area contributed by atoms with Gasteiger partial charge in [0.15, 0.2) is 11.5 Å². The molecule has 1 amide bonds. The first-order chi connectivity index (χ1) is 15.4. The number of rotatable bonds is 6. The van der Waals surface area contributed by atoms with Crippen molar-refractivity contribution >= 4 is 28.9 Å². The lowest BCUT2D eigenvalue weighted by atomic mass is 10.3. The van der Waals surface area contributed by atoms with Crippen LogP contribution in [0.1, 0.15) is 28.8 Å². The molecule has 0 radical (unpaired) electrons. The van der Waals surface area contributed by atoms with Gasteiger partial charge in [-0.15, -0.1) is 0 Å². The second-order valence-electron chi connectivity index (χ2n) is 7.85. The van der Waals surface area contributed by atoms with Gasteiger partial charge in [-0.2, -0.15) is 14.7 Å². The van der Waals surface area contributed by atoms with E-state index in [1.54, 1.807) is 40.6 Å². The molecule has 4 aromatic heterocycles. The van der Waals surface area contributed by atoms with E-state index in [4.69, 9.17) is 0 Å². The maximum atomic E-state index is 13.1. The molecule has 0 saturated heterocycles.